The van der Waals surface area contributed by atoms with Crippen molar-refractivity contribution in [2.75, 3.05) is 53.1 Å². The minimum absolute atomic E-state index is 0.171. The predicted molar refractivity (Wildman–Crippen MR) is 149 cm³/mol. The van der Waals surface area contributed by atoms with Crippen molar-refractivity contribution in [1.29, 1.82) is 0 Å². The number of nitrogen functional groups attached to an aromatic ring is 1. The quantitative estimate of drug-likeness (QED) is 0.375. The van der Waals surface area contributed by atoms with Crippen molar-refractivity contribution in [1.82, 2.24) is 24.2 Å². The number of piperazine rings is 1. The first kappa shape index (κ1) is 26.9. The van der Waals surface area contributed by atoms with Gasteiger partial charge in [0, 0.05) is 43.4 Å². The lowest BCUT2D eigenvalue weighted by atomic mass is 10.2. The molecule has 0 radical (unpaired) electrons. The number of urea groups is 1. The van der Waals surface area contributed by atoms with Gasteiger partial charge in [-0.05, 0) is 43.2 Å². The molecule has 3 aromatic rings. The van der Waals surface area contributed by atoms with E-state index in [0.717, 1.165) is 12.7 Å². The van der Waals surface area contributed by atoms with Crippen molar-refractivity contribution < 1.29 is 22.8 Å². The number of sulfonamides is 1. The highest BCUT2D eigenvalue weighted by atomic mass is 32.2. The number of nitrogens with zero attached hydrogens (tertiary/aromatic N) is 6. The molecule has 14 nitrogen and oxygen atoms in total. The van der Waals surface area contributed by atoms with E-state index in [2.05, 4.69) is 21.6 Å². The number of anilines is 4. The highest BCUT2D eigenvalue weighted by Gasteiger charge is 2.36. The Hall–Kier alpha value is -4.66. The number of hydrogen-bond acceptors (Lipinski definition) is 8. The molecule has 1 aromatic carbocycles. The fraction of sp³-hybridized carbons (Fsp3) is 0.320. The van der Waals surface area contributed by atoms with E-state index in [9.17, 15) is 22.8 Å². The summed E-state index contributed by atoms with van der Waals surface area (Å²) in [4.78, 5) is 52.2. The van der Waals surface area contributed by atoms with Gasteiger partial charge in [0.2, 0.25) is 21.8 Å². The number of amides is 4. The standard InChI is InChI=1S/C25H29N9O5S/c1-3-19(35)32-11-4-5-18(32)23-29-24(21-22(26)27-10-12-34(21)23)33-14-13-31(15-20(33)36)25(37)28-16-6-8-17(9-7-16)30-40(2,38)39/h3,6-10,12,18,30H,1,4-5,11,13-15H2,2H3,(H2,26,27)(H,28,37). The van der Waals surface area contributed by atoms with Crippen LogP contribution >= 0.6 is 0 Å². The molecule has 40 heavy (non-hydrogen) atoms. The topological polar surface area (TPSA) is 175 Å². The number of benzene rings is 1. The summed E-state index contributed by atoms with van der Waals surface area (Å²) < 4.78 is 26.9. The second kappa shape index (κ2) is 10.5. The largest absolute Gasteiger partial charge is 0.382 e. The maximum Gasteiger partial charge on any atom is 0.322 e. The normalized spacial score (nSPS) is 17.8. The Balaban J connectivity index is 1.34. The molecule has 0 bridgehead atoms. The first-order valence-electron chi connectivity index (χ1n) is 12.6. The smallest absolute Gasteiger partial charge is 0.322 e. The van der Waals surface area contributed by atoms with E-state index >= 15 is 0 Å². The van der Waals surface area contributed by atoms with Crippen LogP contribution in [0, 0.1) is 0 Å². The van der Waals surface area contributed by atoms with Crippen molar-refractivity contribution >= 4 is 56.4 Å². The Morgan fingerprint density at radius 2 is 1.88 bits per heavy atom. The number of likely N-dealkylation sites (tertiary alicyclic amines) is 1. The Labute approximate surface area is 230 Å². The number of rotatable bonds is 6. The molecule has 4 heterocycles. The van der Waals surface area contributed by atoms with E-state index < -0.39 is 16.1 Å². The summed E-state index contributed by atoms with van der Waals surface area (Å²) >= 11 is 0. The van der Waals surface area contributed by atoms with E-state index in [-0.39, 0.29) is 43.3 Å². The first-order valence-corrected chi connectivity index (χ1v) is 14.4. The maximum absolute atomic E-state index is 13.3. The number of carbonyl (C=O) groups is 3. The van der Waals surface area contributed by atoms with Crippen LogP contribution in [0.1, 0.15) is 24.7 Å². The molecule has 2 fully saturated rings. The summed E-state index contributed by atoms with van der Waals surface area (Å²) in [6.45, 7) is 4.37. The lowest BCUT2D eigenvalue weighted by molar-refractivity contribution is -0.127. The third kappa shape index (κ3) is 5.27. The molecule has 2 aliphatic heterocycles. The SMILES string of the molecule is C=CC(=O)N1CCCC1c1nc(N2CCN(C(=O)Nc3ccc(NS(C)(=O)=O)cc3)CC2=O)c2c(N)nccn12. The first-order chi connectivity index (χ1) is 19.1. The summed E-state index contributed by atoms with van der Waals surface area (Å²) in [7, 11) is -3.42. The fourth-order valence-electron chi connectivity index (χ4n) is 5.02. The molecule has 2 aromatic heterocycles. The van der Waals surface area contributed by atoms with Gasteiger partial charge in [0.25, 0.3) is 0 Å². The molecule has 15 heteroatoms. The monoisotopic (exact) mass is 567 g/mol. The van der Waals surface area contributed by atoms with E-state index in [4.69, 9.17) is 10.7 Å². The fourth-order valence-corrected chi connectivity index (χ4v) is 5.58. The van der Waals surface area contributed by atoms with Crippen LogP contribution in [0.25, 0.3) is 5.52 Å². The van der Waals surface area contributed by atoms with Crippen LogP contribution in [0.5, 0.6) is 0 Å². The summed E-state index contributed by atoms with van der Waals surface area (Å²) in [6, 6.07) is 5.37. The van der Waals surface area contributed by atoms with Crippen LogP contribution < -0.4 is 20.7 Å². The van der Waals surface area contributed by atoms with Crippen LogP contribution in [0.3, 0.4) is 0 Å². The Morgan fingerprint density at radius 1 is 1.15 bits per heavy atom. The third-order valence-electron chi connectivity index (χ3n) is 6.80. The van der Waals surface area contributed by atoms with Gasteiger partial charge in [0.1, 0.15) is 17.9 Å². The molecular formula is C25H29N9O5S. The van der Waals surface area contributed by atoms with Crippen molar-refractivity contribution in [2.45, 2.75) is 18.9 Å². The summed E-state index contributed by atoms with van der Waals surface area (Å²) in [5, 5.41) is 2.72. The lowest BCUT2D eigenvalue weighted by Gasteiger charge is -2.33. The highest BCUT2D eigenvalue weighted by Crippen LogP contribution is 2.36. The molecule has 2 aliphatic rings. The van der Waals surface area contributed by atoms with E-state index in [1.54, 1.807) is 33.8 Å². The van der Waals surface area contributed by atoms with Gasteiger partial charge >= 0.3 is 6.03 Å². The maximum atomic E-state index is 13.3. The minimum Gasteiger partial charge on any atom is -0.382 e. The van der Waals surface area contributed by atoms with Crippen LogP contribution in [0.15, 0.2) is 49.3 Å². The van der Waals surface area contributed by atoms with Gasteiger partial charge in [-0.2, -0.15) is 0 Å². The summed E-state index contributed by atoms with van der Waals surface area (Å²) in [5.74, 6) is 0.554. The molecule has 2 saturated heterocycles. The van der Waals surface area contributed by atoms with Crippen LogP contribution in [0.2, 0.25) is 0 Å². The second-order valence-electron chi connectivity index (χ2n) is 9.57. The second-order valence-corrected chi connectivity index (χ2v) is 11.3. The molecule has 5 rings (SSSR count). The van der Waals surface area contributed by atoms with Gasteiger partial charge in [-0.3, -0.25) is 23.6 Å². The van der Waals surface area contributed by atoms with Gasteiger partial charge < -0.3 is 20.9 Å². The molecular weight excluding hydrogens is 538 g/mol. The zero-order valence-electron chi connectivity index (χ0n) is 21.8. The van der Waals surface area contributed by atoms with Gasteiger partial charge in [-0.15, -0.1) is 0 Å². The molecule has 1 atom stereocenters. The third-order valence-corrected chi connectivity index (χ3v) is 7.41. The number of hydrogen-bond donors (Lipinski definition) is 3. The van der Waals surface area contributed by atoms with Crippen LogP contribution in [-0.4, -0.2) is 82.9 Å². The van der Waals surface area contributed by atoms with Gasteiger partial charge in [-0.25, -0.2) is 23.2 Å². The lowest BCUT2D eigenvalue weighted by Crippen LogP contribution is -2.53. The van der Waals surface area contributed by atoms with Crippen molar-refractivity contribution in [3.63, 3.8) is 0 Å². The molecule has 210 valence electrons. The number of carbonyl (C=O) groups excluding carboxylic acids is 3. The zero-order valence-corrected chi connectivity index (χ0v) is 22.6. The Kier molecular flexibility index (Phi) is 7.06. The number of nitrogens with two attached hydrogens (primary N) is 1. The molecule has 0 aliphatic carbocycles. The Morgan fingerprint density at radius 3 is 2.55 bits per heavy atom. The molecule has 1 unspecified atom stereocenters. The molecule has 4 N–H and O–H groups in total. The molecule has 0 saturated carbocycles. The Bertz CT molecular complexity index is 1600. The van der Waals surface area contributed by atoms with Crippen molar-refractivity contribution in [3.05, 3.63) is 55.1 Å². The van der Waals surface area contributed by atoms with Crippen molar-refractivity contribution in [3.8, 4) is 0 Å². The predicted octanol–water partition coefficient (Wildman–Crippen LogP) is 1.41. The van der Waals surface area contributed by atoms with Crippen molar-refractivity contribution in [2.24, 2.45) is 0 Å². The van der Waals surface area contributed by atoms with E-state index in [0.29, 0.717) is 41.5 Å². The minimum atomic E-state index is -3.42. The van der Waals surface area contributed by atoms with Gasteiger partial charge in [0.05, 0.1) is 12.3 Å². The van der Waals surface area contributed by atoms with Crippen LogP contribution in [0.4, 0.5) is 27.8 Å². The average molecular weight is 568 g/mol. The number of imidazole rings is 1. The highest BCUT2D eigenvalue weighted by molar-refractivity contribution is 7.92. The average Bonchev–Trinajstić information content (AvgIpc) is 3.54. The number of nitrogens with one attached hydrogen (secondary N) is 2. The number of fused-ring (bicyclic) bond motifs is 1. The van der Waals surface area contributed by atoms with Crippen LogP contribution in [-0.2, 0) is 19.6 Å². The number of aromatic nitrogens is 3. The molecule has 4 amide bonds. The van der Waals surface area contributed by atoms with Gasteiger partial charge in [0.15, 0.2) is 11.6 Å². The summed E-state index contributed by atoms with van der Waals surface area (Å²) in [6.07, 6.45) is 7.08. The van der Waals surface area contributed by atoms with E-state index in [1.165, 1.54) is 28.0 Å². The summed E-state index contributed by atoms with van der Waals surface area (Å²) in [5.41, 5.74) is 7.49. The van der Waals surface area contributed by atoms with E-state index in [1.807, 2.05) is 0 Å². The van der Waals surface area contributed by atoms with Gasteiger partial charge in [-0.1, -0.05) is 6.58 Å². The molecule has 0 spiro atoms. The zero-order chi connectivity index (χ0) is 28.6.